The smallest absolute Gasteiger partial charge is 0.256 e. The summed E-state index contributed by atoms with van der Waals surface area (Å²) < 4.78 is 0. The van der Waals surface area contributed by atoms with Crippen molar-refractivity contribution in [2.24, 2.45) is 0 Å². The summed E-state index contributed by atoms with van der Waals surface area (Å²) in [6, 6.07) is 11.9. The number of hydrogen-bond acceptors (Lipinski definition) is 4. The SMILES string of the molecule is CCCCC(=O)N[C@@H](C)C(=O)N1C(=O)C(C)c2ccccc2-c2c(N)cccc21. The molecule has 152 valence electrons. The van der Waals surface area contributed by atoms with E-state index >= 15 is 0 Å². The Kier molecular flexibility index (Phi) is 6.01. The van der Waals surface area contributed by atoms with Crippen molar-refractivity contribution < 1.29 is 14.4 Å². The van der Waals surface area contributed by atoms with Crippen molar-refractivity contribution in [2.45, 2.75) is 52.0 Å². The fraction of sp³-hybridized carbons (Fsp3) is 0.348. The van der Waals surface area contributed by atoms with E-state index in [9.17, 15) is 14.4 Å². The van der Waals surface area contributed by atoms with E-state index in [0.717, 1.165) is 24.0 Å². The molecule has 0 saturated heterocycles. The van der Waals surface area contributed by atoms with E-state index in [1.165, 1.54) is 4.90 Å². The van der Waals surface area contributed by atoms with E-state index in [1.807, 2.05) is 31.2 Å². The van der Waals surface area contributed by atoms with Gasteiger partial charge in [0.05, 0.1) is 11.6 Å². The average Bonchev–Trinajstić information content (AvgIpc) is 2.80. The number of imide groups is 1. The van der Waals surface area contributed by atoms with Gasteiger partial charge in [-0.15, -0.1) is 0 Å². The van der Waals surface area contributed by atoms with E-state index in [0.29, 0.717) is 23.4 Å². The standard InChI is InChI=1S/C23H27N3O3/c1-4-5-13-20(27)25-15(3)23(29)26-19-12-8-11-18(24)21(19)17-10-7-6-9-16(17)14(2)22(26)28/h6-12,14-15H,4-5,13,24H2,1-3H3,(H,25,27)/t14?,15-/m0/s1. The molecule has 0 bridgehead atoms. The molecular formula is C23H27N3O3. The number of nitrogens with zero attached hydrogens (tertiary/aromatic N) is 1. The Bertz CT molecular complexity index is 954. The predicted molar refractivity (Wildman–Crippen MR) is 114 cm³/mol. The molecule has 0 aromatic heterocycles. The van der Waals surface area contributed by atoms with E-state index in [4.69, 9.17) is 5.73 Å². The minimum Gasteiger partial charge on any atom is -0.398 e. The number of hydrogen-bond donors (Lipinski definition) is 2. The number of unbranched alkanes of at least 4 members (excludes halogenated alkanes) is 1. The molecule has 29 heavy (non-hydrogen) atoms. The Hall–Kier alpha value is -3.15. The van der Waals surface area contributed by atoms with Crippen molar-refractivity contribution >= 4 is 29.1 Å². The molecule has 0 saturated carbocycles. The maximum Gasteiger partial charge on any atom is 0.256 e. The summed E-state index contributed by atoms with van der Waals surface area (Å²) in [7, 11) is 0. The molecule has 1 aliphatic heterocycles. The molecular weight excluding hydrogens is 366 g/mol. The van der Waals surface area contributed by atoms with Crippen LogP contribution in [-0.4, -0.2) is 23.8 Å². The lowest BCUT2D eigenvalue weighted by Gasteiger charge is -2.26. The highest BCUT2D eigenvalue weighted by molar-refractivity contribution is 6.22. The maximum absolute atomic E-state index is 13.3. The molecule has 0 fully saturated rings. The third-order valence-corrected chi connectivity index (χ3v) is 5.33. The Balaban J connectivity index is 2.04. The third kappa shape index (κ3) is 3.88. The number of fused-ring (bicyclic) bond motifs is 3. The number of amides is 3. The van der Waals surface area contributed by atoms with Crippen LogP contribution in [-0.2, 0) is 14.4 Å². The summed E-state index contributed by atoms with van der Waals surface area (Å²) in [5.74, 6) is -1.52. The Morgan fingerprint density at radius 1 is 1.17 bits per heavy atom. The normalized spacial score (nSPS) is 16.4. The zero-order chi connectivity index (χ0) is 21.1. The predicted octanol–water partition coefficient (Wildman–Crippen LogP) is 3.61. The van der Waals surface area contributed by atoms with Crippen LogP contribution in [0.5, 0.6) is 0 Å². The number of carbonyl (C=O) groups excluding carboxylic acids is 3. The lowest BCUT2D eigenvalue weighted by atomic mass is 9.92. The summed E-state index contributed by atoms with van der Waals surface area (Å²) >= 11 is 0. The molecule has 6 heteroatoms. The molecule has 1 unspecified atom stereocenters. The second-order valence-electron chi connectivity index (χ2n) is 7.45. The number of nitrogens with two attached hydrogens (primary N) is 1. The molecule has 1 heterocycles. The quantitative estimate of drug-likeness (QED) is 0.759. The van der Waals surface area contributed by atoms with Crippen molar-refractivity contribution in [1.29, 1.82) is 0 Å². The number of anilines is 2. The second-order valence-corrected chi connectivity index (χ2v) is 7.45. The first-order valence-corrected chi connectivity index (χ1v) is 10.0. The minimum atomic E-state index is -0.828. The zero-order valence-corrected chi connectivity index (χ0v) is 17.1. The first-order chi connectivity index (χ1) is 13.9. The Labute approximate surface area is 171 Å². The van der Waals surface area contributed by atoms with Crippen LogP contribution in [0.4, 0.5) is 11.4 Å². The first-order valence-electron chi connectivity index (χ1n) is 10.0. The van der Waals surface area contributed by atoms with E-state index in [2.05, 4.69) is 5.32 Å². The monoisotopic (exact) mass is 393 g/mol. The summed E-state index contributed by atoms with van der Waals surface area (Å²) in [5, 5.41) is 2.72. The summed E-state index contributed by atoms with van der Waals surface area (Å²) in [5.41, 5.74) is 9.55. The molecule has 3 rings (SSSR count). The molecule has 1 aliphatic rings. The highest BCUT2D eigenvalue weighted by Crippen LogP contribution is 2.43. The van der Waals surface area contributed by atoms with Crippen LogP contribution < -0.4 is 16.0 Å². The van der Waals surface area contributed by atoms with Crippen molar-refractivity contribution in [3.8, 4) is 11.1 Å². The van der Waals surface area contributed by atoms with Crippen molar-refractivity contribution in [1.82, 2.24) is 5.32 Å². The van der Waals surface area contributed by atoms with Crippen LogP contribution in [0.15, 0.2) is 42.5 Å². The second kappa shape index (κ2) is 8.47. The zero-order valence-electron chi connectivity index (χ0n) is 17.1. The number of benzene rings is 2. The lowest BCUT2D eigenvalue weighted by molar-refractivity contribution is -0.131. The van der Waals surface area contributed by atoms with Crippen molar-refractivity contribution in [3.05, 3.63) is 48.0 Å². The first kappa shape index (κ1) is 20.6. The fourth-order valence-electron chi connectivity index (χ4n) is 3.72. The number of carbonyl (C=O) groups is 3. The molecule has 0 radical (unpaired) electrons. The van der Waals surface area contributed by atoms with Gasteiger partial charge in [0.15, 0.2) is 0 Å². The van der Waals surface area contributed by atoms with Gasteiger partial charge in [-0.1, -0.05) is 43.7 Å². The maximum atomic E-state index is 13.3. The minimum absolute atomic E-state index is 0.195. The van der Waals surface area contributed by atoms with Gasteiger partial charge in [-0.25, -0.2) is 4.90 Å². The largest absolute Gasteiger partial charge is 0.398 e. The Morgan fingerprint density at radius 2 is 1.90 bits per heavy atom. The molecule has 2 atom stereocenters. The van der Waals surface area contributed by atoms with E-state index < -0.39 is 17.9 Å². The van der Waals surface area contributed by atoms with Gasteiger partial charge in [0.1, 0.15) is 6.04 Å². The number of nitrogen functional groups attached to an aromatic ring is 1. The summed E-state index contributed by atoms with van der Waals surface area (Å²) in [6.45, 7) is 5.39. The molecule has 6 nitrogen and oxygen atoms in total. The van der Waals surface area contributed by atoms with Gasteiger partial charge in [0.25, 0.3) is 5.91 Å². The highest BCUT2D eigenvalue weighted by atomic mass is 16.2. The van der Waals surface area contributed by atoms with E-state index in [-0.39, 0.29) is 11.8 Å². The summed E-state index contributed by atoms with van der Waals surface area (Å²) in [4.78, 5) is 39.9. The molecule has 0 spiro atoms. The molecule has 3 amide bonds. The third-order valence-electron chi connectivity index (χ3n) is 5.33. The molecule has 2 aromatic rings. The van der Waals surface area contributed by atoms with Gasteiger partial charge < -0.3 is 11.1 Å². The average molecular weight is 393 g/mol. The molecule has 0 aliphatic carbocycles. The van der Waals surface area contributed by atoms with Crippen LogP contribution in [0.3, 0.4) is 0 Å². The van der Waals surface area contributed by atoms with Crippen molar-refractivity contribution in [2.75, 3.05) is 10.6 Å². The highest BCUT2D eigenvalue weighted by Gasteiger charge is 2.37. The molecule has 3 N–H and O–H groups in total. The van der Waals surface area contributed by atoms with Gasteiger partial charge in [-0.05, 0) is 43.5 Å². The van der Waals surface area contributed by atoms with Gasteiger partial charge >= 0.3 is 0 Å². The van der Waals surface area contributed by atoms with Gasteiger partial charge in [-0.3, -0.25) is 14.4 Å². The van der Waals surface area contributed by atoms with Gasteiger partial charge in [-0.2, -0.15) is 0 Å². The van der Waals surface area contributed by atoms with Gasteiger partial charge in [0, 0.05) is 17.7 Å². The lowest BCUT2D eigenvalue weighted by Crippen LogP contribution is -2.50. The summed E-state index contributed by atoms with van der Waals surface area (Å²) in [6.07, 6.45) is 2.00. The van der Waals surface area contributed by atoms with Crippen molar-refractivity contribution in [3.63, 3.8) is 0 Å². The topological polar surface area (TPSA) is 92.5 Å². The number of nitrogens with one attached hydrogen (secondary N) is 1. The van der Waals surface area contributed by atoms with Crippen LogP contribution in [0.25, 0.3) is 11.1 Å². The van der Waals surface area contributed by atoms with Gasteiger partial charge in [0.2, 0.25) is 11.8 Å². The van der Waals surface area contributed by atoms with E-state index in [1.54, 1.807) is 32.0 Å². The van der Waals surface area contributed by atoms with Crippen LogP contribution >= 0.6 is 0 Å². The molecule has 2 aromatic carbocycles. The fourth-order valence-corrected chi connectivity index (χ4v) is 3.72. The van der Waals surface area contributed by atoms with Crippen LogP contribution in [0.1, 0.15) is 51.5 Å². The Morgan fingerprint density at radius 3 is 2.62 bits per heavy atom. The van der Waals surface area contributed by atoms with Crippen LogP contribution in [0.2, 0.25) is 0 Å². The van der Waals surface area contributed by atoms with Crippen LogP contribution in [0, 0.1) is 0 Å². The number of rotatable bonds is 5.